The van der Waals surface area contributed by atoms with Crippen molar-refractivity contribution in [3.63, 3.8) is 0 Å². The van der Waals surface area contributed by atoms with Gasteiger partial charge in [-0.25, -0.2) is 4.68 Å². The molecule has 0 unspecified atom stereocenters. The number of hydrogen-bond donors (Lipinski definition) is 0. The van der Waals surface area contributed by atoms with Gasteiger partial charge in [0.25, 0.3) is 0 Å². The molecule has 1 heterocycles. The Bertz CT molecular complexity index is 505. The van der Waals surface area contributed by atoms with Gasteiger partial charge in [0.1, 0.15) is 0 Å². The summed E-state index contributed by atoms with van der Waals surface area (Å²) in [5, 5.41) is 4.67. The Kier molecular flexibility index (Phi) is 2.56. The summed E-state index contributed by atoms with van der Waals surface area (Å²) in [5.74, 6) is 0. The molecule has 0 saturated carbocycles. The summed E-state index contributed by atoms with van der Waals surface area (Å²) in [5.41, 5.74) is 2.40. The van der Waals surface area contributed by atoms with Crippen molar-refractivity contribution in [2.24, 2.45) is 0 Å². The molecule has 0 radical (unpaired) electrons. The van der Waals surface area contributed by atoms with E-state index in [9.17, 15) is 4.79 Å². The molecule has 0 aliphatic heterocycles. The molecule has 76 valence electrons. The van der Waals surface area contributed by atoms with Gasteiger partial charge in [-0.05, 0) is 24.6 Å². The largest absolute Gasteiger partial charge is 0.298 e. The molecular weight excluding hydrogens is 212 g/mol. The van der Waals surface area contributed by atoms with Gasteiger partial charge < -0.3 is 0 Å². The fourth-order valence-corrected chi connectivity index (χ4v) is 1.65. The predicted molar refractivity (Wildman–Crippen MR) is 58.7 cm³/mol. The second-order valence-electron chi connectivity index (χ2n) is 3.29. The highest BCUT2D eigenvalue weighted by Gasteiger charge is 2.04. The van der Waals surface area contributed by atoms with Gasteiger partial charge in [0.15, 0.2) is 6.29 Å². The van der Waals surface area contributed by atoms with Crippen LogP contribution in [0.2, 0.25) is 5.02 Å². The van der Waals surface area contributed by atoms with E-state index in [1.54, 1.807) is 10.9 Å². The van der Waals surface area contributed by atoms with Gasteiger partial charge in [0.2, 0.25) is 0 Å². The first-order valence-corrected chi connectivity index (χ1v) is 4.85. The Labute approximate surface area is 92.3 Å². The maximum absolute atomic E-state index is 10.5. The van der Waals surface area contributed by atoms with Crippen molar-refractivity contribution in [1.82, 2.24) is 9.78 Å². The van der Waals surface area contributed by atoms with Crippen LogP contribution in [0, 0.1) is 6.92 Å². The average Bonchev–Trinajstić information content (AvgIpc) is 2.66. The quantitative estimate of drug-likeness (QED) is 0.730. The molecular formula is C11H9ClN2O. The van der Waals surface area contributed by atoms with Crippen LogP contribution in [0.5, 0.6) is 0 Å². The number of nitrogens with zero attached hydrogens (tertiary/aromatic N) is 2. The van der Waals surface area contributed by atoms with E-state index < -0.39 is 0 Å². The van der Waals surface area contributed by atoms with Crippen LogP contribution in [-0.4, -0.2) is 16.1 Å². The van der Waals surface area contributed by atoms with Crippen LogP contribution in [-0.2, 0) is 0 Å². The molecule has 0 aliphatic rings. The van der Waals surface area contributed by atoms with Crippen LogP contribution in [0.15, 0.2) is 30.6 Å². The number of carbonyl (C=O) groups excluding carboxylic acids is 1. The number of rotatable bonds is 2. The number of aryl methyl sites for hydroxylation is 1. The Morgan fingerprint density at radius 3 is 2.87 bits per heavy atom. The fourth-order valence-electron chi connectivity index (χ4n) is 1.33. The number of carbonyl (C=O) groups is 1. The lowest BCUT2D eigenvalue weighted by Gasteiger charge is -2.04. The maximum Gasteiger partial charge on any atom is 0.153 e. The summed E-state index contributed by atoms with van der Waals surface area (Å²) in [4.78, 5) is 10.5. The summed E-state index contributed by atoms with van der Waals surface area (Å²) >= 11 is 6.07. The Morgan fingerprint density at radius 1 is 1.47 bits per heavy atom. The van der Waals surface area contributed by atoms with Gasteiger partial charge in [-0.15, -0.1) is 0 Å². The van der Waals surface area contributed by atoms with Gasteiger partial charge in [-0.1, -0.05) is 17.7 Å². The number of benzene rings is 1. The van der Waals surface area contributed by atoms with E-state index in [-0.39, 0.29) is 0 Å². The molecule has 1 aromatic heterocycles. The van der Waals surface area contributed by atoms with Gasteiger partial charge in [0, 0.05) is 6.20 Å². The third-order valence-corrected chi connectivity index (χ3v) is 2.39. The summed E-state index contributed by atoms with van der Waals surface area (Å²) in [6.07, 6.45) is 3.90. The monoisotopic (exact) mass is 220 g/mol. The van der Waals surface area contributed by atoms with E-state index in [2.05, 4.69) is 5.10 Å². The normalized spacial score (nSPS) is 10.3. The highest BCUT2D eigenvalue weighted by Crippen LogP contribution is 2.21. The maximum atomic E-state index is 10.5. The lowest BCUT2D eigenvalue weighted by Crippen LogP contribution is -1.95. The van der Waals surface area contributed by atoms with Crippen molar-refractivity contribution < 1.29 is 4.79 Å². The molecule has 0 spiro atoms. The molecule has 2 rings (SSSR count). The smallest absolute Gasteiger partial charge is 0.153 e. The van der Waals surface area contributed by atoms with Crippen molar-refractivity contribution in [3.05, 3.63) is 46.7 Å². The average molecular weight is 221 g/mol. The lowest BCUT2D eigenvalue weighted by molar-refractivity contribution is 0.112. The van der Waals surface area contributed by atoms with Crippen LogP contribution < -0.4 is 0 Å². The molecule has 4 heteroatoms. The number of aldehydes is 1. The Balaban J connectivity index is 2.49. The summed E-state index contributed by atoms with van der Waals surface area (Å²) in [6, 6.07) is 5.68. The lowest BCUT2D eigenvalue weighted by atomic mass is 10.2. The third kappa shape index (κ3) is 1.92. The van der Waals surface area contributed by atoms with Crippen LogP contribution in [0.25, 0.3) is 5.69 Å². The minimum atomic E-state index is 0.534. The first kappa shape index (κ1) is 9.93. The van der Waals surface area contributed by atoms with Gasteiger partial charge >= 0.3 is 0 Å². The summed E-state index contributed by atoms with van der Waals surface area (Å²) in [7, 11) is 0. The molecule has 1 aromatic carbocycles. The predicted octanol–water partition coefficient (Wildman–Crippen LogP) is 2.65. The first-order chi connectivity index (χ1) is 7.20. The highest BCUT2D eigenvalue weighted by molar-refractivity contribution is 6.32. The van der Waals surface area contributed by atoms with Crippen LogP contribution in [0.1, 0.15) is 15.9 Å². The zero-order valence-electron chi connectivity index (χ0n) is 8.14. The number of halogens is 1. The second-order valence-corrected chi connectivity index (χ2v) is 3.70. The van der Waals surface area contributed by atoms with E-state index in [4.69, 9.17) is 11.6 Å². The molecule has 0 amide bonds. The molecule has 3 nitrogen and oxygen atoms in total. The summed E-state index contributed by atoms with van der Waals surface area (Å²) < 4.78 is 1.59. The molecule has 0 aliphatic carbocycles. The first-order valence-electron chi connectivity index (χ1n) is 4.47. The van der Waals surface area contributed by atoms with Crippen LogP contribution in [0.3, 0.4) is 0 Å². The molecule has 0 N–H and O–H groups in total. The zero-order valence-corrected chi connectivity index (χ0v) is 8.90. The van der Waals surface area contributed by atoms with Gasteiger partial charge in [-0.3, -0.25) is 4.79 Å². The van der Waals surface area contributed by atoms with E-state index in [0.29, 0.717) is 10.6 Å². The standard InChI is InChI=1S/C11H9ClN2O/c1-8-2-3-11(10(12)4-8)14-6-9(7-15)5-13-14/h2-7H,1H3. The van der Waals surface area contributed by atoms with Gasteiger partial charge in [-0.2, -0.15) is 5.10 Å². The van der Waals surface area contributed by atoms with Crippen molar-refractivity contribution in [2.45, 2.75) is 6.92 Å². The molecule has 0 bridgehead atoms. The van der Waals surface area contributed by atoms with Crippen molar-refractivity contribution in [3.8, 4) is 5.69 Å². The van der Waals surface area contributed by atoms with Crippen molar-refractivity contribution >= 4 is 17.9 Å². The highest BCUT2D eigenvalue weighted by atomic mass is 35.5. The zero-order chi connectivity index (χ0) is 10.8. The topological polar surface area (TPSA) is 34.9 Å². The Hall–Kier alpha value is -1.61. The van der Waals surface area contributed by atoms with E-state index in [1.807, 2.05) is 25.1 Å². The van der Waals surface area contributed by atoms with E-state index >= 15 is 0 Å². The van der Waals surface area contributed by atoms with Gasteiger partial charge in [0.05, 0.1) is 22.5 Å². The van der Waals surface area contributed by atoms with E-state index in [1.165, 1.54) is 6.20 Å². The van der Waals surface area contributed by atoms with Crippen molar-refractivity contribution in [1.29, 1.82) is 0 Å². The summed E-state index contributed by atoms with van der Waals surface area (Å²) in [6.45, 7) is 1.97. The fraction of sp³-hybridized carbons (Fsp3) is 0.0909. The number of hydrogen-bond acceptors (Lipinski definition) is 2. The molecule has 0 saturated heterocycles. The molecule has 0 fully saturated rings. The Morgan fingerprint density at radius 2 is 2.27 bits per heavy atom. The minimum Gasteiger partial charge on any atom is -0.298 e. The second kappa shape index (κ2) is 3.87. The molecule has 2 aromatic rings. The van der Waals surface area contributed by atoms with Crippen LogP contribution in [0.4, 0.5) is 0 Å². The number of aromatic nitrogens is 2. The SMILES string of the molecule is Cc1ccc(-n2cc(C=O)cn2)c(Cl)c1. The van der Waals surface area contributed by atoms with E-state index in [0.717, 1.165) is 17.5 Å². The van der Waals surface area contributed by atoms with Crippen LogP contribution >= 0.6 is 11.6 Å². The van der Waals surface area contributed by atoms with Crippen molar-refractivity contribution in [2.75, 3.05) is 0 Å². The minimum absolute atomic E-state index is 0.534. The molecule has 0 atom stereocenters. The third-order valence-electron chi connectivity index (χ3n) is 2.09. The molecule has 15 heavy (non-hydrogen) atoms.